The molecule has 4 bridgehead atoms. The molecular formula is C16H20O3. The van der Waals surface area contributed by atoms with Crippen molar-refractivity contribution in [3.8, 4) is 0 Å². The van der Waals surface area contributed by atoms with E-state index in [1.165, 1.54) is 0 Å². The standard InChI is InChI=1S/C16H20O3/c1-2-19-6-5-8-7-11-13-9-3-4-10(15(9)17)14(13)12(8)16(11)18/h3-4,8-14H,2,5-7H2,1H3. The molecule has 3 nitrogen and oxygen atoms in total. The van der Waals surface area contributed by atoms with Gasteiger partial charge in [-0.2, -0.15) is 0 Å². The van der Waals surface area contributed by atoms with E-state index in [-0.39, 0.29) is 23.7 Å². The van der Waals surface area contributed by atoms with E-state index in [0.717, 1.165) is 26.1 Å². The van der Waals surface area contributed by atoms with E-state index in [2.05, 4.69) is 12.2 Å². The van der Waals surface area contributed by atoms with Crippen LogP contribution in [0.3, 0.4) is 0 Å². The van der Waals surface area contributed by atoms with Crippen molar-refractivity contribution in [2.45, 2.75) is 19.8 Å². The Bertz CT molecular complexity index is 467. The average Bonchev–Trinajstić information content (AvgIpc) is 3.08. The molecule has 0 radical (unpaired) electrons. The fraction of sp³-hybridized carbons (Fsp3) is 0.750. The molecule has 4 aliphatic rings. The van der Waals surface area contributed by atoms with Crippen LogP contribution in [-0.4, -0.2) is 24.8 Å². The summed E-state index contributed by atoms with van der Waals surface area (Å²) >= 11 is 0. The molecule has 4 rings (SSSR count). The predicted octanol–water partition coefficient (Wildman–Crippen LogP) is 1.87. The Kier molecular flexibility index (Phi) is 2.50. The number of hydrogen-bond acceptors (Lipinski definition) is 3. The van der Waals surface area contributed by atoms with E-state index < -0.39 is 0 Å². The highest BCUT2D eigenvalue weighted by molar-refractivity contribution is 5.98. The zero-order chi connectivity index (χ0) is 13.1. The van der Waals surface area contributed by atoms with Crippen LogP contribution in [0.2, 0.25) is 0 Å². The van der Waals surface area contributed by atoms with Crippen LogP contribution < -0.4 is 0 Å². The van der Waals surface area contributed by atoms with Gasteiger partial charge in [-0.15, -0.1) is 0 Å². The van der Waals surface area contributed by atoms with Gasteiger partial charge in [-0.05, 0) is 37.5 Å². The van der Waals surface area contributed by atoms with Gasteiger partial charge >= 0.3 is 0 Å². The third kappa shape index (κ3) is 1.37. The first-order chi connectivity index (χ1) is 9.24. The van der Waals surface area contributed by atoms with E-state index >= 15 is 0 Å². The highest BCUT2D eigenvalue weighted by Crippen LogP contribution is 2.64. The van der Waals surface area contributed by atoms with Crippen molar-refractivity contribution in [2.75, 3.05) is 13.2 Å². The maximum atomic E-state index is 12.5. The van der Waals surface area contributed by atoms with Gasteiger partial charge in [0.25, 0.3) is 0 Å². The number of rotatable bonds is 4. The van der Waals surface area contributed by atoms with Crippen molar-refractivity contribution in [1.82, 2.24) is 0 Å². The lowest BCUT2D eigenvalue weighted by molar-refractivity contribution is -0.125. The van der Waals surface area contributed by atoms with Gasteiger partial charge in [-0.3, -0.25) is 9.59 Å². The summed E-state index contributed by atoms with van der Waals surface area (Å²) < 4.78 is 5.44. The summed E-state index contributed by atoms with van der Waals surface area (Å²) in [7, 11) is 0. The van der Waals surface area contributed by atoms with Crippen LogP contribution in [0.25, 0.3) is 0 Å². The predicted molar refractivity (Wildman–Crippen MR) is 69.3 cm³/mol. The molecule has 0 saturated heterocycles. The van der Waals surface area contributed by atoms with E-state index in [0.29, 0.717) is 29.3 Å². The lowest BCUT2D eigenvalue weighted by atomic mass is 9.69. The molecule has 4 aliphatic carbocycles. The summed E-state index contributed by atoms with van der Waals surface area (Å²) in [5.41, 5.74) is 0. The molecule has 0 spiro atoms. The number of hydrogen-bond donors (Lipinski definition) is 0. The van der Waals surface area contributed by atoms with Crippen molar-refractivity contribution in [2.24, 2.45) is 41.4 Å². The summed E-state index contributed by atoms with van der Waals surface area (Å²) in [5.74, 6) is 2.45. The number of carbonyl (C=O) groups is 2. The summed E-state index contributed by atoms with van der Waals surface area (Å²) in [4.78, 5) is 24.6. The Morgan fingerprint density at radius 1 is 1.16 bits per heavy atom. The topological polar surface area (TPSA) is 43.4 Å². The minimum absolute atomic E-state index is 0.0591. The highest BCUT2D eigenvalue weighted by Gasteiger charge is 2.68. The molecule has 7 unspecified atom stereocenters. The molecule has 0 amide bonds. The molecule has 0 aromatic rings. The SMILES string of the molecule is CCOCCC1CC2C(=O)C1C1C3C=CC(C3=O)C21. The van der Waals surface area contributed by atoms with Crippen LogP contribution in [0.5, 0.6) is 0 Å². The molecule has 0 aliphatic heterocycles. The van der Waals surface area contributed by atoms with Gasteiger partial charge in [-0.25, -0.2) is 0 Å². The second-order valence-corrected chi connectivity index (χ2v) is 6.51. The Hall–Kier alpha value is -0.960. The van der Waals surface area contributed by atoms with Crippen molar-refractivity contribution in [3.05, 3.63) is 12.2 Å². The second-order valence-electron chi connectivity index (χ2n) is 6.51. The van der Waals surface area contributed by atoms with Gasteiger partial charge in [0.2, 0.25) is 0 Å². The molecule has 7 atom stereocenters. The molecular weight excluding hydrogens is 240 g/mol. The first-order valence-electron chi connectivity index (χ1n) is 7.57. The lowest BCUT2D eigenvalue weighted by Crippen LogP contribution is -2.31. The van der Waals surface area contributed by atoms with E-state index in [1.807, 2.05) is 6.92 Å². The quantitative estimate of drug-likeness (QED) is 0.440. The van der Waals surface area contributed by atoms with Gasteiger partial charge in [-0.1, -0.05) is 12.2 Å². The van der Waals surface area contributed by atoms with Gasteiger partial charge in [0.15, 0.2) is 0 Å². The van der Waals surface area contributed by atoms with Gasteiger partial charge in [0, 0.05) is 36.9 Å². The Morgan fingerprint density at radius 3 is 2.63 bits per heavy atom. The fourth-order valence-corrected chi connectivity index (χ4v) is 5.34. The smallest absolute Gasteiger partial charge is 0.147 e. The van der Waals surface area contributed by atoms with Gasteiger partial charge < -0.3 is 4.74 Å². The second kappa shape index (κ2) is 4.02. The maximum absolute atomic E-state index is 12.5. The van der Waals surface area contributed by atoms with Crippen molar-refractivity contribution in [1.29, 1.82) is 0 Å². The number of ketones is 2. The molecule has 3 saturated carbocycles. The zero-order valence-electron chi connectivity index (χ0n) is 11.2. The third-order valence-corrected chi connectivity index (χ3v) is 5.93. The molecule has 0 aromatic carbocycles. The average molecular weight is 260 g/mol. The molecule has 0 aromatic heterocycles. The van der Waals surface area contributed by atoms with Crippen molar-refractivity contribution < 1.29 is 14.3 Å². The molecule has 3 fully saturated rings. The maximum Gasteiger partial charge on any atom is 0.147 e. The van der Waals surface area contributed by atoms with Gasteiger partial charge in [0.1, 0.15) is 11.6 Å². The van der Waals surface area contributed by atoms with Crippen LogP contribution in [0.4, 0.5) is 0 Å². The number of Topliss-reactive ketones (excluding diaryl/α,β-unsaturated/α-hetero) is 2. The molecule has 0 N–H and O–H groups in total. The molecule has 102 valence electrons. The number of ether oxygens (including phenoxy) is 1. The highest BCUT2D eigenvalue weighted by atomic mass is 16.5. The van der Waals surface area contributed by atoms with E-state index in [9.17, 15) is 9.59 Å². The Balaban J connectivity index is 1.57. The number of allylic oxidation sites excluding steroid dienone is 2. The van der Waals surface area contributed by atoms with Crippen LogP contribution in [0.1, 0.15) is 19.8 Å². The summed E-state index contributed by atoms with van der Waals surface area (Å²) in [6, 6.07) is 0. The normalized spacial score (nSPS) is 49.4. The lowest BCUT2D eigenvalue weighted by Gasteiger charge is -2.34. The van der Waals surface area contributed by atoms with Crippen molar-refractivity contribution in [3.63, 3.8) is 0 Å². The van der Waals surface area contributed by atoms with Crippen LogP contribution in [0, 0.1) is 41.4 Å². The molecule has 0 heterocycles. The monoisotopic (exact) mass is 260 g/mol. The molecule has 3 heteroatoms. The minimum Gasteiger partial charge on any atom is -0.382 e. The first kappa shape index (κ1) is 11.8. The first-order valence-corrected chi connectivity index (χ1v) is 7.57. The summed E-state index contributed by atoms with van der Waals surface area (Å²) in [5, 5.41) is 0. The largest absolute Gasteiger partial charge is 0.382 e. The number of fused-ring (bicyclic) bond motifs is 9. The Labute approximate surface area is 113 Å². The van der Waals surface area contributed by atoms with Crippen LogP contribution >= 0.6 is 0 Å². The van der Waals surface area contributed by atoms with E-state index in [1.54, 1.807) is 0 Å². The minimum atomic E-state index is 0.0591. The van der Waals surface area contributed by atoms with E-state index in [4.69, 9.17) is 4.74 Å². The van der Waals surface area contributed by atoms with Crippen LogP contribution in [0.15, 0.2) is 12.2 Å². The third-order valence-electron chi connectivity index (χ3n) is 5.93. The number of carbonyl (C=O) groups excluding carboxylic acids is 2. The summed E-state index contributed by atoms with van der Waals surface area (Å²) in [6.45, 7) is 3.50. The van der Waals surface area contributed by atoms with Gasteiger partial charge in [0.05, 0.1) is 0 Å². The summed E-state index contributed by atoms with van der Waals surface area (Å²) in [6.07, 6.45) is 6.13. The Morgan fingerprint density at radius 2 is 1.89 bits per heavy atom. The zero-order valence-corrected chi connectivity index (χ0v) is 11.2. The van der Waals surface area contributed by atoms with Crippen molar-refractivity contribution >= 4 is 11.6 Å². The molecule has 19 heavy (non-hydrogen) atoms. The fourth-order valence-electron chi connectivity index (χ4n) is 5.34. The van der Waals surface area contributed by atoms with Crippen LogP contribution in [-0.2, 0) is 14.3 Å².